The van der Waals surface area contributed by atoms with E-state index >= 15 is 0 Å². The Bertz CT molecular complexity index is 827. The van der Waals surface area contributed by atoms with Gasteiger partial charge in [0.1, 0.15) is 0 Å². The summed E-state index contributed by atoms with van der Waals surface area (Å²) >= 11 is 0. The number of hydrogen-bond acceptors (Lipinski definition) is 3. The van der Waals surface area contributed by atoms with Crippen LogP contribution in [0.25, 0.3) is 11.8 Å². The Balaban J connectivity index is 1.40. The van der Waals surface area contributed by atoms with Crippen LogP contribution >= 0.6 is 0 Å². The number of aryl methyl sites for hydroxylation is 1. The van der Waals surface area contributed by atoms with E-state index in [-0.39, 0.29) is 5.91 Å². The van der Waals surface area contributed by atoms with E-state index < -0.39 is 0 Å². The zero-order valence-corrected chi connectivity index (χ0v) is 16.3. The summed E-state index contributed by atoms with van der Waals surface area (Å²) in [5.74, 6) is 1.02. The SMILES string of the molecule is Cc1nn(-c2ccccc2)c(C)c1/C=C/C(=O)N1CCN(CC2CC2)CC1. The second kappa shape index (κ2) is 7.69. The first kappa shape index (κ1) is 18.0. The van der Waals surface area contributed by atoms with Crippen LogP contribution in [0.4, 0.5) is 0 Å². The second-order valence-electron chi connectivity index (χ2n) is 7.73. The van der Waals surface area contributed by atoms with E-state index in [9.17, 15) is 4.79 Å². The average Bonchev–Trinajstić information content (AvgIpc) is 3.46. The van der Waals surface area contributed by atoms with E-state index in [0.29, 0.717) is 0 Å². The highest BCUT2D eigenvalue weighted by Gasteiger charge is 2.27. The molecule has 2 heterocycles. The quantitative estimate of drug-likeness (QED) is 0.766. The zero-order valence-electron chi connectivity index (χ0n) is 16.3. The number of aromatic nitrogens is 2. The fourth-order valence-electron chi connectivity index (χ4n) is 3.79. The zero-order chi connectivity index (χ0) is 18.8. The van der Waals surface area contributed by atoms with E-state index in [2.05, 4.69) is 10.00 Å². The first-order valence-corrected chi connectivity index (χ1v) is 9.93. The van der Waals surface area contributed by atoms with Crippen LogP contribution in [-0.2, 0) is 4.79 Å². The minimum atomic E-state index is 0.104. The number of hydrogen-bond donors (Lipinski definition) is 0. The van der Waals surface area contributed by atoms with E-state index in [1.54, 1.807) is 6.08 Å². The summed E-state index contributed by atoms with van der Waals surface area (Å²) in [6.45, 7) is 8.92. The molecule has 1 saturated carbocycles. The highest BCUT2D eigenvalue weighted by atomic mass is 16.2. The fourth-order valence-corrected chi connectivity index (χ4v) is 3.79. The van der Waals surface area contributed by atoms with Gasteiger partial charge in [-0.15, -0.1) is 0 Å². The van der Waals surface area contributed by atoms with Gasteiger partial charge in [-0.25, -0.2) is 4.68 Å². The summed E-state index contributed by atoms with van der Waals surface area (Å²) in [6.07, 6.45) is 6.41. The monoisotopic (exact) mass is 364 g/mol. The van der Waals surface area contributed by atoms with Gasteiger partial charge in [0, 0.05) is 50.1 Å². The normalized spacial score (nSPS) is 18.4. The highest BCUT2D eigenvalue weighted by Crippen LogP contribution is 2.30. The van der Waals surface area contributed by atoms with E-state index in [1.807, 2.05) is 59.8 Å². The first-order valence-electron chi connectivity index (χ1n) is 9.93. The Hall–Kier alpha value is -2.40. The van der Waals surface area contributed by atoms with Crippen molar-refractivity contribution >= 4 is 12.0 Å². The molecule has 0 N–H and O–H groups in total. The van der Waals surface area contributed by atoms with Gasteiger partial charge < -0.3 is 4.90 Å². The maximum Gasteiger partial charge on any atom is 0.246 e. The lowest BCUT2D eigenvalue weighted by Gasteiger charge is -2.34. The standard InChI is InChI=1S/C22H28N4O/c1-17-21(18(2)26(23-17)20-6-4-3-5-7-20)10-11-22(27)25-14-12-24(13-15-25)16-19-8-9-19/h3-7,10-11,19H,8-9,12-16H2,1-2H3/b11-10+. The predicted molar refractivity (Wildman–Crippen MR) is 108 cm³/mol. The molecule has 142 valence electrons. The van der Waals surface area contributed by atoms with Gasteiger partial charge in [0.15, 0.2) is 0 Å². The number of para-hydroxylation sites is 1. The number of nitrogens with zero attached hydrogens (tertiary/aromatic N) is 4. The molecular weight excluding hydrogens is 336 g/mol. The Labute approximate surface area is 161 Å². The molecule has 2 fully saturated rings. The molecule has 1 aliphatic heterocycles. The number of amides is 1. The summed E-state index contributed by atoms with van der Waals surface area (Å²) in [5, 5.41) is 4.65. The van der Waals surface area contributed by atoms with E-state index in [4.69, 9.17) is 0 Å². The van der Waals surface area contributed by atoms with Crippen LogP contribution in [-0.4, -0.2) is 58.2 Å². The molecule has 5 nitrogen and oxygen atoms in total. The maximum atomic E-state index is 12.6. The Morgan fingerprint density at radius 2 is 1.81 bits per heavy atom. The van der Waals surface area contributed by atoms with Crippen LogP contribution in [0.5, 0.6) is 0 Å². The number of piperazine rings is 1. The van der Waals surface area contributed by atoms with Crippen LogP contribution in [0.2, 0.25) is 0 Å². The molecule has 5 heteroatoms. The molecule has 0 atom stereocenters. The number of carbonyl (C=O) groups excluding carboxylic acids is 1. The van der Waals surface area contributed by atoms with Crippen molar-refractivity contribution in [2.24, 2.45) is 5.92 Å². The minimum absolute atomic E-state index is 0.104. The summed E-state index contributed by atoms with van der Waals surface area (Å²) in [7, 11) is 0. The molecule has 27 heavy (non-hydrogen) atoms. The highest BCUT2D eigenvalue weighted by molar-refractivity contribution is 5.92. The molecule has 4 rings (SSSR count). The summed E-state index contributed by atoms with van der Waals surface area (Å²) in [5.41, 5.74) is 4.06. The van der Waals surface area contributed by atoms with Gasteiger partial charge in [-0.2, -0.15) is 5.10 Å². The van der Waals surface area contributed by atoms with Crippen molar-refractivity contribution in [1.29, 1.82) is 0 Å². The topological polar surface area (TPSA) is 41.4 Å². The Morgan fingerprint density at radius 3 is 2.48 bits per heavy atom. The number of carbonyl (C=O) groups is 1. The van der Waals surface area contributed by atoms with Crippen molar-refractivity contribution in [3.63, 3.8) is 0 Å². The molecule has 2 aliphatic rings. The molecule has 0 radical (unpaired) electrons. The van der Waals surface area contributed by atoms with Crippen molar-refractivity contribution in [2.45, 2.75) is 26.7 Å². The molecule has 2 aromatic rings. The number of rotatable bonds is 5. The Kier molecular flexibility index (Phi) is 5.12. The maximum absolute atomic E-state index is 12.6. The second-order valence-corrected chi connectivity index (χ2v) is 7.73. The third kappa shape index (κ3) is 4.14. The minimum Gasteiger partial charge on any atom is -0.337 e. The van der Waals surface area contributed by atoms with Crippen molar-refractivity contribution in [1.82, 2.24) is 19.6 Å². The summed E-state index contributed by atoms with van der Waals surface area (Å²) < 4.78 is 1.94. The van der Waals surface area contributed by atoms with Gasteiger partial charge in [0.25, 0.3) is 0 Å². The third-order valence-corrected chi connectivity index (χ3v) is 5.64. The lowest BCUT2D eigenvalue weighted by molar-refractivity contribution is -0.127. The van der Waals surface area contributed by atoms with Crippen LogP contribution < -0.4 is 0 Å². The number of benzene rings is 1. The van der Waals surface area contributed by atoms with Gasteiger partial charge in [-0.3, -0.25) is 9.69 Å². The van der Waals surface area contributed by atoms with E-state index in [0.717, 1.165) is 54.7 Å². The smallest absolute Gasteiger partial charge is 0.246 e. The molecule has 1 aromatic heterocycles. The van der Waals surface area contributed by atoms with Crippen molar-refractivity contribution in [3.05, 3.63) is 53.4 Å². The molecule has 1 aromatic carbocycles. The average molecular weight is 364 g/mol. The largest absolute Gasteiger partial charge is 0.337 e. The first-order chi connectivity index (χ1) is 13.1. The van der Waals surface area contributed by atoms with Gasteiger partial charge in [0.2, 0.25) is 5.91 Å². The third-order valence-electron chi connectivity index (χ3n) is 5.64. The van der Waals surface area contributed by atoms with Gasteiger partial charge in [0.05, 0.1) is 11.4 Å². The lowest BCUT2D eigenvalue weighted by Crippen LogP contribution is -2.48. The molecule has 0 bridgehead atoms. The van der Waals surface area contributed by atoms with Crippen molar-refractivity contribution in [3.8, 4) is 5.69 Å². The van der Waals surface area contributed by atoms with Gasteiger partial charge in [-0.05, 0) is 50.8 Å². The molecule has 0 spiro atoms. The molecule has 1 saturated heterocycles. The molecule has 0 unspecified atom stereocenters. The predicted octanol–water partition coefficient (Wildman–Crippen LogP) is 3.06. The van der Waals surface area contributed by atoms with Crippen LogP contribution in [0.3, 0.4) is 0 Å². The Morgan fingerprint density at radius 1 is 1.11 bits per heavy atom. The molecular formula is C22H28N4O. The van der Waals surface area contributed by atoms with Gasteiger partial charge >= 0.3 is 0 Å². The van der Waals surface area contributed by atoms with E-state index in [1.165, 1.54) is 19.4 Å². The van der Waals surface area contributed by atoms with Crippen molar-refractivity contribution in [2.75, 3.05) is 32.7 Å². The van der Waals surface area contributed by atoms with Gasteiger partial charge in [-0.1, -0.05) is 18.2 Å². The summed E-state index contributed by atoms with van der Waals surface area (Å²) in [6, 6.07) is 10.1. The van der Waals surface area contributed by atoms with Crippen LogP contribution in [0.15, 0.2) is 36.4 Å². The van der Waals surface area contributed by atoms with Crippen LogP contribution in [0, 0.1) is 19.8 Å². The lowest BCUT2D eigenvalue weighted by atomic mass is 10.1. The van der Waals surface area contributed by atoms with Crippen molar-refractivity contribution < 1.29 is 4.79 Å². The summed E-state index contributed by atoms with van der Waals surface area (Å²) in [4.78, 5) is 17.1. The fraction of sp³-hybridized carbons (Fsp3) is 0.455. The molecule has 1 aliphatic carbocycles. The molecule has 1 amide bonds. The van der Waals surface area contributed by atoms with Crippen LogP contribution in [0.1, 0.15) is 29.8 Å².